The van der Waals surface area contributed by atoms with Gasteiger partial charge in [-0.3, -0.25) is 14.4 Å². The molecule has 0 saturated heterocycles. The highest BCUT2D eigenvalue weighted by Gasteiger charge is 2.38. The molecule has 2 rings (SSSR count). The monoisotopic (exact) mass is 492 g/mol. The minimum atomic E-state index is -4.59. The molecule has 2 aromatic rings. The SMILES string of the molecule is CCOC(=O)C(C(=O)OCC)C(=O)c1cc(Oc2ccc(C(F)(F)F)cc2Cl)ccc1Cl. The number of Topliss-reactive ketones (excluding diaryl/α,β-unsaturated/α-hetero) is 1. The van der Waals surface area contributed by atoms with Crippen molar-refractivity contribution in [3.8, 4) is 11.5 Å². The average molecular weight is 493 g/mol. The van der Waals surface area contributed by atoms with Crippen LogP contribution in [0.5, 0.6) is 11.5 Å². The summed E-state index contributed by atoms with van der Waals surface area (Å²) in [6.45, 7) is 2.84. The zero-order valence-corrected chi connectivity index (χ0v) is 18.3. The molecule has 0 spiro atoms. The summed E-state index contributed by atoms with van der Waals surface area (Å²) in [5.41, 5.74) is -1.22. The minimum absolute atomic E-state index is 0.0223. The van der Waals surface area contributed by atoms with Crippen LogP contribution in [-0.2, 0) is 25.2 Å². The van der Waals surface area contributed by atoms with Crippen molar-refractivity contribution in [2.75, 3.05) is 13.2 Å². The predicted octanol–water partition coefficient (Wildman–Crippen LogP) is 5.73. The molecule has 0 aliphatic carbocycles. The van der Waals surface area contributed by atoms with Gasteiger partial charge < -0.3 is 14.2 Å². The number of hydrogen-bond donors (Lipinski definition) is 0. The van der Waals surface area contributed by atoms with Crippen molar-refractivity contribution in [1.82, 2.24) is 0 Å². The van der Waals surface area contributed by atoms with Crippen LogP contribution in [0, 0.1) is 5.92 Å². The van der Waals surface area contributed by atoms with Gasteiger partial charge in [0.25, 0.3) is 0 Å². The first kappa shape index (κ1) is 25.5. The summed E-state index contributed by atoms with van der Waals surface area (Å²) in [6, 6.07) is 6.20. The number of carbonyl (C=O) groups is 3. The first-order chi connectivity index (χ1) is 15.0. The number of benzene rings is 2. The lowest BCUT2D eigenvalue weighted by Crippen LogP contribution is -2.35. The van der Waals surface area contributed by atoms with Crippen molar-refractivity contribution in [3.63, 3.8) is 0 Å². The van der Waals surface area contributed by atoms with E-state index in [-0.39, 0.29) is 40.3 Å². The van der Waals surface area contributed by atoms with Crippen molar-refractivity contribution in [3.05, 3.63) is 57.6 Å². The van der Waals surface area contributed by atoms with Crippen LogP contribution >= 0.6 is 23.2 Å². The van der Waals surface area contributed by atoms with Gasteiger partial charge in [-0.15, -0.1) is 0 Å². The predicted molar refractivity (Wildman–Crippen MR) is 109 cm³/mol. The zero-order chi connectivity index (χ0) is 24.1. The zero-order valence-electron chi connectivity index (χ0n) is 16.8. The average Bonchev–Trinajstić information content (AvgIpc) is 2.70. The molecule has 0 aliphatic heterocycles. The molecule has 0 amide bonds. The van der Waals surface area contributed by atoms with Crippen molar-refractivity contribution in [1.29, 1.82) is 0 Å². The summed E-state index contributed by atoms with van der Waals surface area (Å²) < 4.78 is 53.5. The summed E-state index contributed by atoms with van der Waals surface area (Å²) in [5.74, 6) is -5.25. The van der Waals surface area contributed by atoms with E-state index in [0.29, 0.717) is 6.07 Å². The molecule has 11 heteroatoms. The minimum Gasteiger partial charge on any atom is -0.465 e. The van der Waals surface area contributed by atoms with Gasteiger partial charge in [0.1, 0.15) is 11.5 Å². The highest BCUT2D eigenvalue weighted by molar-refractivity contribution is 6.35. The van der Waals surface area contributed by atoms with Crippen molar-refractivity contribution in [2.45, 2.75) is 20.0 Å². The third-order valence-electron chi connectivity index (χ3n) is 4.00. The van der Waals surface area contributed by atoms with Crippen molar-refractivity contribution in [2.24, 2.45) is 5.92 Å². The molecular formula is C21H17Cl2F3O6. The summed E-state index contributed by atoms with van der Waals surface area (Å²) in [6.07, 6.45) is -4.59. The van der Waals surface area contributed by atoms with E-state index < -0.39 is 35.4 Å². The van der Waals surface area contributed by atoms with Gasteiger partial charge in [0.05, 0.1) is 28.8 Å². The van der Waals surface area contributed by atoms with E-state index >= 15 is 0 Å². The van der Waals surface area contributed by atoms with Gasteiger partial charge in [0.2, 0.25) is 5.92 Å². The molecule has 0 atom stereocenters. The Morgan fingerprint density at radius 3 is 2.00 bits per heavy atom. The Morgan fingerprint density at radius 1 is 0.906 bits per heavy atom. The molecule has 0 unspecified atom stereocenters. The van der Waals surface area contributed by atoms with Crippen LogP contribution in [0.1, 0.15) is 29.8 Å². The number of rotatable bonds is 8. The highest BCUT2D eigenvalue weighted by Crippen LogP contribution is 2.37. The normalized spacial score (nSPS) is 11.2. The van der Waals surface area contributed by atoms with Crippen LogP contribution in [-0.4, -0.2) is 30.9 Å². The molecule has 0 N–H and O–H groups in total. The molecular weight excluding hydrogens is 476 g/mol. The number of carbonyl (C=O) groups excluding carboxylic acids is 3. The Balaban J connectivity index is 2.38. The second-order valence-corrected chi connectivity index (χ2v) is 7.00. The molecule has 0 radical (unpaired) electrons. The molecule has 172 valence electrons. The van der Waals surface area contributed by atoms with E-state index in [0.717, 1.165) is 18.2 Å². The second-order valence-electron chi connectivity index (χ2n) is 6.19. The summed E-state index contributed by atoms with van der Waals surface area (Å²) >= 11 is 12.0. The topological polar surface area (TPSA) is 78.9 Å². The van der Waals surface area contributed by atoms with E-state index in [1.165, 1.54) is 26.0 Å². The number of esters is 2. The third-order valence-corrected chi connectivity index (χ3v) is 4.62. The lowest BCUT2D eigenvalue weighted by Gasteiger charge is -2.15. The van der Waals surface area contributed by atoms with E-state index in [1.807, 2.05) is 0 Å². The number of hydrogen-bond acceptors (Lipinski definition) is 6. The smallest absolute Gasteiger partial charge is 0.416 e. The number of alkyl halides is 3. The van der Waals surface area contributed by atoms with Gasteiger partial charge in [-0.25, -0.2) is 0 Å². The molecule has 6 nitrogen and oxygen atoms in total. The van der Waals surface area contributed by atoms with Crippen LogP contribution in [0.15, 0.2) is 36.4 Å². The van der Waals surface area contributed by atoms with Crippen molar-refractivity contribution < 1.29 is 41.8 Å². The Morgan fingerprint density at radius 2 is 1.50 bits per heavy atom. The van der Waals surface area contributed by atoms with E-state index in [4.69, 9.17) is 37.4 Å². The molecule has 0 aliphatic rings. The number of ketones is 1. The lowest BCUT2D eigenvalue weighted by molar-refractivity contribution is -0.158. The Kier molecular flexibility index (Phi) is 8.51. The Hall–Kier alpha value is -2.78. The number of halogens is 5. The van der Waals surface area contributed by atoms with Gasteiger partial charge in [-0.05, 0) is 50.2 Å². The van der Waals surface area contributed by atoms with Gasteiger partial charge in [-0.1, -0.05) is 23.2 Å². The summed E-state index contributed by atoms with van der Waals surface area (Å²) in [7, 11) is 0. The van der Waals surface area contributed by atoms with Gasteiger partial charge in [0, 0.05) is 5.56 Å². The fourth-order valence-electron chi connectivity index (χ4n) is 2.56. The second kappa shape index (κ2) is 10.7. The highest BCUT2D eigenvalue weighted by atomic mass is 35.5. The molecule has 0 saturated carbocycles. The van der Waals surface area contributed by atoms with Crippen LogP contribution in [0.3, 0.4) is 0 Å². The third kappa shape index (κ3) is 6.14. The first-order valence-corrected chi connectivity index (χ1v) is 9.96. The van der Waals surface area contributed by atoms with E-state index in [2.05, 4.69) is 0 Å². The molecule has 0 fully saturated rings. The molecule has 0 bridgehead atoms. The molecule has 0 heterocycles. The first-order valence-electron chi connectivity index (χ1n) is 9.21. The maximum atomic E-state index is 12.9. The summed E-state index contributed by atoms with van der Waals surface area (Å²) in [4.78, 5) is 37.3. The number of ether oxygens (including phenoxy) is 3. The molecule has 32 heavy (non-hydrogen) atoms. The van der Waals surface area contributed by atoms with E-state index in [1.54, 1.807) is 0 Å². The standard InChI is InChI=1S/C21H17Cl2F3O6/c1-3-30-19(28)17(20(29)31-4-2)18(27)13-10-12(6-7-14(13)22)32-16-8-5-11(9-15(16)23)21(24,25)26/h5-10,17H,3-4H2,1-2H3. The van der Waals surface area contributed by atoms with Crippen LogP contribution in [0.25, 0.3) is 0 Å². The summed E-state index contributed by atoms with van der Waals surface area (Å²) in [5, 5.41) is -0.418. The quantitative estimate of drug-likeness (QED) is 0.266. The van der Waals surface area contributed by atoms with Gasteiger partial charge in [0.15, 0.2) is 5.78 Å². The fourth-order valence-corrected chi connectivity index (χ4v) is 2.99. The lowest BCUT2D eigenvalue weighted by atomic mass is 9.97. The Bertz CT molecular complexity index is 1010. The fraction of sp³-hybridized carbons (Fsp3) is 0.286. The molecule has 0 aromatic heterocycles. The Labute approximate surface area is 191 Å². The van der Waals surface area contributed by atoms with Crippen LogP contribution < -0.4 is 4.74 Å². The van der Waals surface area contributed by atoms with E-state index in [9.17, 15) is 27.6 Å². The maximum absolute atomic E-state index is 12.9. The largest absolute Gasteiger partial charge is 0.465 e. The maximum Gasteiger partial charge on any atom is 0.416 e. The van der Waals surface area contributed by atoms with Gasteiger partial charge in [-0.2, -0.15) is 13.2 Å². The van der Waals surface area contributed by atoms with Gasteiger partial charge >= 0.3 is 18.1 Å². The van der Waals surface area contributed by atoms with Crippen LogP contribution in [0.4, 0.5) is 13.2 Å². The molecule has 2 aromatic carbocycles. The van der Waals surface area contributed by atoms with Crippen molar-refractivity contribution >= 4 is 40.9 Å². The van der Waals surface area contributed by atoms with Crippen LogP contribution in [0.2, 0.25) is 10.0 Å².